The second-order valence-electron chi connectivity index (χ2n) is 7.74. The highest BCUT2D eigenvalue weighted by atomic mass is 32.1. The molecule has 4 heteroatoms. The predicted octanol–water partition coefficient (Wildman–Crippen LogP) is 7.11. The molecule has 3 aromatic carbocycles. The Morgan fingerprint density at radius 1 is 0.968 bits per heavy atom. The van der Waals surface area contributed by atoms with E-state index in [0.29, 0.717) is 18.1 Å². The average Bonchev–Trinajstić information content (AvgIpc) is 3.34. The van der Waals surface area contributed by atoms with E-state index in [-0.39, 0.29) is 6.10 Å². The van der Waals surface area contributed by atoms with Gasteiger partial charge in [0.25, 0.3) is 0 Å². The summed E-state index contributed by atoms with van der Waals surface area (Å²) in [6.45, 7) is 4.86. The first-order valence-electron chi connectivity index (χ1n) is 10.3. The molecular weight excluding hydrogens is 400 g/mol. The van der Waals surface area contributed by atoms with Crippen molar-refractivity contribution in [1.82, 2.24) is 4.98 Å². The van der Waals surface area contributed by atoms with Gasteiger partial charge in [-0.15, -0.1) is 11.3 Å². The Morgan fingerprint density at radius 3 is 2.45 bits per heavy atom. The van der Waals surface area contributed by atoms with Crippen molar-refractivity contribution in [2.75, 3.05) is 0 Å². The molecule has 1 aromatic heterocycles. The van der Waals surface area contributed by atoms with Crippen molar-refractivity contribution in [3.63, 3.8) is 0 Å². The van der Waals surface area contributed by atoms with Crippen LogP contribution < -0.4 is 0 Å². The number of ether oxygens (including phenoxy) is 1. The summed E-state index contributed by atoms with van der Waals surface area (Å²) in [6.07, 6.45) is 1.62. The lowest BCUT2D eigenvalue weighted by atomic mass is 9.89. The minimum atomic E-state index is -0.245. The van der Waals surface area contributed by atoms with Crippen LogP contribution in [0.1, 0.15) is 53.0 Å². The third-order valence-electron chi connectivity index (χ3n) is 5.31. The molecular formula is C27H24N2OS. The van der Waals surface area contributed by atoms with E-state index in [2.05, 4.69) is 61.3 Å². The van der Waals surface area contributed by atoms with Gasteiger partial charge in [0.2, 0.25) is 0 Å². The number of thiazole rings is 1. The molecule has 154 valence electrons. The lowest BCUT2D eigenvalue weighted by Crippen LogP contribution is -2.06. The minimum Gasteiger partial charge on any atom is -0.363 e. The van der Waals surface area contributed by atoms with Gasteiger partial charge in [-0.05, 0) is 40.3 Å². The van der Waals surface area contributed by atoms with E-state index in [1.54, 1.807) is 11.3 Å². The van der Waals surface area contributed by atoms with Gasteiger partial charge in [-0.2, -0.15) is 5.26 Å². The van der Waals surface area contributed by atoms with Crippen molar-refractivity contribution in [3.05, 3.63) is 112 Å². The largest absolute Gasteiger partial charge is 0.363 e. The highest BCUT2D eigenvalue weighted by Gasteiger charge is 2.20. The summed E-state index contributed by atoms with van der Waals surface area (Å²) in [4.78, 5) is 5.31. The van der Waals surface area contributed by atoms with Crippen LogP contribution in [0.2, 0.25) is 0 Å². The molecule has 0 spiro atoms. The molecule has 0 radical (unpaired) electrons. The fourth-order valence-corrected chi connectivity index (χ4v) is 4.44. The Bertz CT molecular complexity index is 1180. The molecule has 0 aliphatic rings. The van der Waals surface area contributed by atoms with E-state index in [9.17, 15) is 5.26 Å². The van der Waals surface area contributed by atoms with Crippen LogP contribution in [0.25, 0.3) is 11.1 Å². The Morgan fingerprint density at radius 2 is 1.74 bits per heavy atom. The van der Waals surface area contributed by atoms with Crippen LogP contribution in [-0.4, -0.2) is 4.98 Å². The van der Waals surface area contributed by atoms with E-state index < -0.39 is 0 Å². The van der Waals surface area contributed by atoms with E-state index in [0.717, 1.165) is 27.1 Å². The molecule has 31 heavy (non-hydrogen) atoms. The maximum Gasteiger partial charge on any atom is 0.119 e. The van der Waals surface area contributed by atoms with E-state index >= 15 is 0 Å². The molecule has 0 saturated carbocycles. The molecule has 0 N–H and O–H groups in total. The summed E-state index contributed by atoms with van der Waals surface area (Å²) in [6, 6.07) is 26.9. The quantitative estimate of drug-likeness (QED) is 0.317. The van der Waals surface area contributed by atoms with Crippen LogP contribution in [0.3, 0.4) is 0 Å². The van der Waals surface area contributed by atoms with Gasteiger partial charge in [0.15, 0.2) is 0 Å². The van der Waals surface area contributed by atoms with Gasteiger partial charge in [-0.3, -0.25) is 4.98 Å². The van der Waals surface area contributed by atoms with E-state index in [1.807, 2.05) is 48.1 Å². The van der Waals surface area contributed by atoms with Crippen LogP contribution in [0.5, 0.6) is 0 Å². The molecule has 0 bridgehead atoms. The normalized spacial score (nSPS) is 11.9. The van der Waals surface area contributed by atoms with E-state index in [4.69, 9.17) is 4.74 Å². The fraction of sp³-hybridized carbons (Fsp3) is 0.185. The van der Waals surface area contributed by atoms with Crippen molar-refractivity contribution in [3.8, 4) is 17.2 Å². The Balaban J connectivity index is 1.76. The van der Waals surface area contributed by atoms with Crippen molar-refractivity contribution in [2.24, 2.45) is 0 Å². The van der Waals surface area contributed by atoms with Crippen LogP contribution in [0.4, 0.5) is 0 Å². The van der Waals surface area contributed by atoms with Crippen LogP contribution in [0, 0.1) is 11.3 Å². The summed E-state index contributed by atoms with van der Waals surface area (Å²) < 4.78 is 6.39. The van der Waals surface area contributed by atoms with Crippen LogP contribution in [0.15, 0.2) is 84.5 Å². The zero-order valence-corrected chi connectivity index (χ0v) is 18.5. The fourth-order valence-electron chi connectivity index (χ4n) is 3.74. The monoisotopic (exact) mass is 424 g/mol. The predicted molar refractivity (Wildman–Crippen MR) is 126 cm³/mol. The Kier molecular flexibility index (Phi) is 6.57. The molecule has 3 nitrogen and oxygen atoms in total. The number of benzene rings is 3. The molecule has 4 aromatic rings. The summed E-state index contributed by atoms with van der Waals surface area (Å²) >= 11 is 1.58. The topological polar surface area (TPSA) is 45.9 Å². The highest BCUT2D eigenvalue weighted by molar-refractivity contribution is 7.09. The zero-order chi connectivity index (χ0) is 21.6. The van der Waals surface area contributed by atoms with Gasteiger partial charge < -0.3 is 4.74 Å². The Labute approximate surface area is 187 Å². The first kappa shape index (κ1) is 21.0. The van der Waals surface area contributed by atoms with Gasteiger partial charge in [0.05, 0.1) is 28.6 Å². The number of nitriles is 1. The second-order valence-corrected chi connectivity index (χ2v) is 8.66. The summed E-state index contributed by atoms with van der Waals surface area (Å²) in [5, 5.41) is 9.79. The first-order valence-corrected chi connectivity index (χ1v) is 11.2. The number of rotatable bonds is 7. The number of hydrogen-bond acceptors (Lipinski definition) is 4. The smallest absolute Gasteiger partial charge is 0.119 e. The molecule has 1 atom stereocenters. The lowest BCUT2D eigenvalue weighted by molar-refractivity contribution is 0.0689. The molecule has 1 heterocycles. The summed E-state index contributed by atoms with van der Waals surface area (Å²) in [5.41, 5.74) is 7.92. The Hall–Kier alpha value is -3.26. The second kappa shape index (κ2) is 9.70. The van der Waals surface area contributed by atoms with E-state index in [1.165, 1.54) is 5.56 Å². The maximum atomic E-state index is 9.79. The molecule has 4 rings (SSSR count). The molecule has 0 saturated heterocycles. The van der Waals surface area contributed by atoms with Crippen molar-refractivity contribution >= 4 is 11.3 Å². The summed E-state index contributed by atoms with van der Waals surface area (Å²) in [7, 11) is 0. The van der Waals surface area contributed by atoms with Crippen molar-refractivity contribution in [2.45, 2.75) is 32.5 Å². The SMILES string of the molecule is CC(C)c1ccccc1-c1cc(C(OCc2ccccc2)c2cncs2)ccc1C#N. The van der Waals surface area contributed by atoms with Gasteiger partial charge in [0, 0.05) is 11.8 Å². The molecule has 1 unspecified atom stereocenters. The third-order valence-corrected chi connectivity index (χ3v) is 6.13. The van der Waals surface area contributed by atoms with Gasteiger partial charge in [0.1, 0.15) is 6.10 Å². The zero-order valence-electron chi connectivity index (χ0n) is 17.7. The number of nitrogens with zero attached hydrogens (tertiary/aromatic N) is 2. The third kappa shape index (κ3) is 4.74. The average molecular weight is 425 g/mol. The lowest BCUT2D eigenvalue weighted by Gasteiger charge is -2.20. The molecule has 0 aliphatic carbocycles. The summed E-state index contributed by atoms with van der Waals surface area (Å²) in [5.74, 6) is 0.359. The van der Waals surface area contributed by atoms with Crippen molar-refractivity contribution in [1.29, 1.82) is 5.26 Å². The van der Waals surface area contributed by atoms with Crippen LogP contribution in [-0.2, 0) is 11.3 Å². The van der Waals surface area contributed by atoms with Gasteiger partial charge in [-0.25, -0.2) is 0 Å². The minimum absolute atomic E-state index is 0.245. The van der Waals surface area contributed by atoms with Gasteiger partial charge in [-0.1, -0.05) is 74.5 Å². The molecule has 0 fully saturated rings. The molecule has 0 aliphatic heterocycles. The number of hydrogen-bond donors (Lipinski definition) is 0. The van der Waals surface area contributed by atoms with Crippen molar-refractivity contribution < 1.29 is 4.74 Å². The first-order chi connectivity index (χ1) is 15.2. The standard InChI is InChI=1S/C27H24N2OS/c1-19(2)23-10-6-7-11-24(23)25-14-21(12-13-22(25)15-28)27(26-16-29-18-31-26)30-17-20-8-4-3-5-9-20/h3-14,16,18-19,27H,17H2,1-2H3. The van der Waals surface area contributed by atoms with Gasteiger partial charge >= 0.3 is 0 Å². The van der Waals surface area contributed by atoms with Crippen LogP contribution >= 0.6 is 11.3 Å². The highest BCUT2D eigenvalue weighted by Crippen LogP contribution is 2.36. The molecule has 0 amide bonds. The maximum absolute atomic E-state index is 9.79. The number of aromatic nitrogens is 1.